The summed E-state index contributed by atoms with van der Waals surface area (Å²) in [5, 5.41) is 9.56. The summed E-state index contributed by atoms with van der Waals surface area (Å²) < 4.78 is 0. The van der Waals surface area contributed by atoms with Gasteiger partial charge in [0.25, 0.3) is 0 Å². The lowest BCUT2D eigenvalue weighted by atomic mass is 10.2. The molecule has 0 heterocycles. The fourth-order valence-electron chi connectivity index (χ4n) is 0.811. The lowest BCUT2D eigenvalue weighted by molar-refractivity contribution is 0.197. The summed E-state index contributed by atoms with van der Waals surface area (Å²) in [7, 11) is 1.35. The molecule has 0 saturated heterocycles. The van der Waals surface area contributed by atoms with Gasteiger partial charge in [0.1, 0.15) is 0 Å². The molecule has 0 unspecified atom stereocenters. The number of rotatable bonds is 2. The molecule has 0 fully saturated rings. The highest BCUT2D eigenvalue weighted by Gasteiger charge is 1.84. The molecule has 0 saturated carbocycles. The van der Waals surface area contributed by atoms with Crippen LogP contribution in [0.4, 0.5) is 4.79 Å². The van der Waals surface area contributed by atoms with Gasteiger partial charge in [0.05, 0.1) is 0 Å². The Morgan fingerprint density at radius 2 is 1.93 bits per heavy atom. The van der Waals surface area contributed by atoms with Crippen molar-refractivity contribution in [1.29, 1.82) is 0 Å². The monoisotopic (exact) mass is 196 g/mol. The van der Waals surface area contributed by atoms with Gasteiger partial charge in [0.15, 0.2) is 0 Å². The summed E-state index contributed by atoms with van der Waals surface area (Å²) in [6, 6.07) is 10.3. The van der Waals surface area contributed by atoms with Crippen LogP contribution in [0.15, 0.2) is 30.3 Å². The van der Waals surface area contributed by atoms with Gasteiger partial charge in [-0.15, -0.1) is 0 Å². The van der Waals surface area contributed by atoms with Crippen LogP contribution in [0.25, 0.3) is 0 Å². The van der Waals surface area contributed by atoms with E-state index in [-0.39, 0.29) is 0 Å². The molecule has 0 aliphatic rings. The molecule has 0 spiro atoms. The summed E-state index contributed by atoms with van der Waals surface area (Å²) in [6.45, 7) is 0.740. The standard InChI is InChI=1S/C8H11N.C2H5NO2/c9-7-6-8-4-2-1-3-5-8;1-3-2(4)5/h1-5H,6-7,9H2;3H,1H3,(H,4,5). The predicted molar refractivity (Wildman–Crippen MR) is 56.3 cm³/mol. The fraction of sp³-hybridized carbons (Fsp3) is 0.300. The summed E-state index contributed by atoms with van der Waals surface area (Å²) >= 11 is 0. The smallest absolute Gasteiger partial charge is 0.404 e. The van der Waals surface area contributed by atoms with Gasteiger partial charge in [-0.05, 0) is 18.5 Å². The van der Waals surface area contributed by atoms with Crippen molar-refractivity contribution in [3.8, 4) is 0 Å². The van der Waals surface area contributed by atoms with Gasteiger partial charge >= 0.3 is 6.09 Å². The van der Waals surface area contributed by atoms with Crippen LogP contribution in [0.1, 0.15) is 5.56 Å². The molecule has 0 aliphatic heterocycles. The number of hydrogen-bond acceptors (Lipinski definition) is 2. The summed E-state index contributed by atoms with van der Waals surface area (Å²) in [6.07, 6.45) is -0.00843. The molecule has 0 atom stereocenters. The van der Waals surface area contributed by atoms with Crippen LogP contribution in [0.2, 0.25) is 0 Å². The number of nitrogens with one attached hydrogen (secondary N) is 1. The summed E-state index contributed by atoms with van der Waals surface area (Å²) in [5.41, 5.74) is 6.68. The number of carboxylic acid groups (broad SMARTS) is 1. The van der Waals surface area contributed by atoms with Gasteiger partial charge in [0.2, 0.25) is 0 Å². The number of hydrogen-bond donors (Lipinski definition) is 3. The molecule has 4 nitrogen and oxygen atoms in total. The average Bonchev–Trinajstić information content (AvgIpc) is 2.21. The molecular formula is C10H16N2O2. The van der Waals surface area contributed by atoms with Crippen molar-refractivity contribution in [1.82, 2.24) is 5.32 Å². The van der Waals surface area contributed by atoms with Crippen molar-refractivity contribution in [2.24, 2.45) is 5.73 Å². The van der Waals surface area contributed by atoms with E-state index in [0.717, 1.165) is 13.0 Å². The normalized spacial score (nSPS) is 8.43. The highest BCUT2D eigenvalue weighted by molar-refractivity contribution is 5.63. The summed E-state index contributed by atoms with van der Waals surface area (Å²) in [5.74, 6) is 0. The number of nitrogens with two attached hydrogens (primary N) is 1. The first-order chi connectivity index (χ1) is 6.70. The predicted octanol–water partition coefficient (Wildman–Crippen LogP) is 1.07. The number of carbonyl (C=O) groups is 1. The molecule has 4 N–H and O–H groups in total. The van der Waals surface area contributed by atoms with Crippen molar-refractivity contribution < 1.29 is 9.90 Å². The third-order valence-corrected chi connectivity index (χ3v) is 1.49. The Kier molecular flexibility index (Phi) is 7.17. The molecule has 0 aromatic heterocycles. The molecule has 0 aliphatic carbocycles. The lowest BCUT2D eigenvalue weighted by Crippen LogP contribution is -2.13. The quantitative estimate of drug-likeness (QED) is 0.662. The zero-order chi connectivity index (χ0) is 10.8. The maximum absolute atomic E-state index is 9.26. The van der Waals surface area contributed by atoms with Gasteiger partial charge in [0, 0.05) is 7.05 Å². The Bertz CT molecular complexity index is 250. The van der Waals surface area contributed by atoms with Crippen molar-refractivity contribution in [2.75, 3.05) is 13.6 Å². The minimum Gasteiger partial charge on any atom is -0.465 e. The first-order valence-electron chi connectivity index (χ1n) is 4.35. The van der Waals surface area contributed by atoms with Crippen molar-refractivity contribution >= 4 is 6.09 Å². The van der Waals surface area contributed by atoms with E-state index in [1.54, 1.807) is 0 Å². The fourth-order valence-corrected chi connectivity index (χ4v) is 0.811. The highest BCUT2D eigenvalue weighted by Crippen LogP contribution is 1.96. The molecular weight excluding hydrogens is 180 g/mol. The van der Waals surface area contributed by atoms with E-state index >= 15 is 0 Å². The molecule has 1 aromatic rings. The van der Waals surface area contributed by atoms with Crippen LogP contribution in [0, 0.1) is 0 Å². The van der Waals surface area contributed by atoms with Crippen molar-refractivity contribution in [3.63, 3.8) is 0 Å². The number of amides is 1. The highest BCUT2D eigenvalue weighted by atomic mass is 16.4. The van der Waals surface area contributed by atoms with Crippen molar-refractivity contribution in [2.45, 2.75) is 6.42 Å². The SMILES string of the molecule is CNC(=O)O.NCCc1ccccc1. The molecule has 0 bridgehead atoms. The maximum atomic E-state index is 9.26. The Balaban J connectivity index is 0.000000292. The van der Waals surface area contributed by atoms with Gasteiger partial charge in [-0.25, -0.2) is 4.79 Å². The van der Waals surface area contributed by atoms with Crippen LogP contribution < -0.4 is 11.1 Å². The largest absolute Gasteiger partial charge is 0.465 e. The molecule has 1 rings (SSSR count). The maximum Gasteiger partial charge on any atom is 0.404 e. The minimum atomic E-state index is -0.995. The van der Waals surface area contributed by atoms with Gasteiger partial charge in [-0.3, -0.25) is 0 Å². The van der Waals surface area contributed by atoms with Crippen molar-refractivity contribution in [3.05, 3.63) is 35.9 Å². The van der Waals surface area contributed by atoms with Crippen LogP contribution in [-0.4, -0.2) is 24.8 Å². The molecule has 0 radical (unpaired) electrons. The van der Waals surface area contributed by atoms with Crippen LogP contribution >= 0.6 is 0 Å². The van der Waals surface area contributed by atoms with E-state index in [1.165, 1.54) is 12.6 Å². The van der Waals surface area contributed by atoms with Gasteiger partial charge < -0.3 is 16.2 Å². The third kappa shape index (κ3) is 7.12. The Morgan fingerprint density at radius 3 is 2.29 bits per heavy atom. The molecule has 14 heavy (non-hydrogen) atoms. The second-order valence-corrected chi connectivity index (χ2v) is 2.58. The van der Waals surface area contributed by atoms with Crippen LogP contribution in [0.3, 0.4) is 0 Å². The van der Waals surface area contributed by atoms with Crippen LogP contribution in [-0.2, 0) is 6.42 Å². The second kappa shape index (κ2) is 8.07. The molecule has 78 valence electrons. The average molecular weight is 196 g/mol. The minimum absolute atomic E-state index is 0.740. The molecule has 1 amide bonds. The Labute approximate surface area is 83.7 Å². The van der Waals surface area contributed by atoms with Crippen LogP contribution in [0.5, 0.6) is 0 Å². The Hall–Kier alpha value is -1.55. The van der Waals surface area contributed by atoms with E-state index in [1.807, 2.05) is 23.5 Å². The van der Waals surface area contributed by atoms with Gasteiger partial charge in [-0.1, -0.05) is 30.3 Å². The lowest BCUT2D eigenvalue weighted by Gasteiger charge is -1.93. The second-order valence-electron chi connectivity index (χ2n) is 2.58. The van der Waals surface area contributed by atoms with E-state index in [2.05, 4.69) is 12.1 Å². The Morgan fingerprint density at radius 1 is 1.43 bits per heavy atom. The van der Waals surface area contributed by atoms with E-state index in [9.17, 15) is 4.79 Å². The molecule has 4 heteroatoms. The number of benzene rings is 1. The first-order valence-corrected chi connectivity index (χ1v) is 4.35. The first kappa shape index (κ1) is 12.4. The zero-order valence-electron chi connectivity index (χ0n) is 8.23. The van der Waals surface area contributed by atoms with Gasteiger partial charge in [-0.2, -0.15) is 0 Å². The third-order valence-electron chi connectivity index (χ3n) is 1.49. The zero-order valence-corrected chi connectivity index (χ0v) is 8.23. The van der Waals surface area contributed by atoms with E-state index < -0.39 is 6.09 Å². The van der Waals surface area contributed by atoms with E-state index in [4.69, 9.17) is 10.8 Å². The topological polar surface area (TPSA) is 75.3 Å². The van der Waals surface area contributed by atoms with E-state index in [0.29, 0.717) is 0 Å². The summed E-state index contributed by atoms with van der Waals surface area (Å²) in [4.78, 5) is 9.26. The molecule has 1 aromatic carbocycles.